The number of hydrogen-bond acceptors (Lipinski definition) is 4. The molecule has 1 N–H and O–H groups in total. The Morgan fingerprint density at radius 1 is 1.07 bits per heavy atom. The number of ketones is 1. The van der Waals surface area contributed by atoms with Gasteiger partial charge in [0.2, 0.25) is 5.91 Å². The van der Waals surface area contributed by atoms with Crippen molar-refractivity contribution >= 4 is 33.9 Å². The van der Waals surface area contributed by atoms with Crippen LogP contribution in [0.3, 0.4) is 0 Å². The van der Waals surface area contributed by atoms with E-state index in [1.54, 1.807) is 37.5 Å². The summed E-state index contributed by atoms with van der Waals surface area (Å²) in [5.41, 5.74) is 5.05. The maximum Gasteiger partial charge on any atom is 0.248 e. The van der Waals surface area contributed by atoms with Crippen LogP contribution in [-0.4, -0.2) is 18.8 Å². The van der Waals surface area contributed by atoms with E-state index >= 15 is 0 Å². The molecule has 0 radical (unpaired) electrons. The first-order chi connectivity index (χ1) is 14.5. The fourth-order valence-corrected chi connectivity index (χ4v) is 4.01. The Kier molecular flexibility index (Phi) is 5.44. The van der Waals surface area contributed by atoms with Crippen LogP contribution in [0.5, 0.6) is 5.75 Å². The molecule has 0 bridgehead atoms. The molecule has 0 spiro atoms. The van der Waals surface area contributed by atoms with Crippen molar-refractivity contribution in [2.24, 2.45) is 0 Å². The number of nitrogens with one attached hydrogen (secondary N) is 1. The quantitative estimate of drug-likeness (QED) is 0.447. The summed E-state index contributed by atoms with van der Waals surface area (Å²) in [6, 6.07) is 10.8. The van der Waals surface area contributed by atoms with Gasteiger partial charge in [0.25, 0.3) is 0 Å². The number of amides is 1. The standard InChI is InChI=1S/C25H25NO4/c1-15(12-25(28)26-18-10-8-17(9-11-18)16(2)27)20-13-21-19-6-4-5-7-22(19)30-24(21)14-23(20)29-3/h8-14H,4-7H2,1-3H3,(H,26,28)/b15-12+. The van der Waals surface area contributed by atoms with E-state index in [1.165, 1.54) is 18.9 Å². The molecular formula is C25H25NO4. The van der Waals surface area contributed by atoms with Gasteiger partial charge in [-0.1, -0.05) is 0 Å². The lowest BCUT2D eigenvalue weighted by atomic mass is 9.94. The van der Waals surface area contributed by atoms with Crippen LogP contribution in [0.4, 0.5) is 5.69 Å². The van der Waals surface area contributed by atoms with Gasteiger partial charge >= 0.3 is 0 Å². The lowest BCUT2D eigenvalue weighted by molar-refractivity contribution is -0.111. The average Bonchev–Trinajstić information content (AvgIpc) is 3.10. The molecule has 1 aliphatic rings. The van der Waals surface area contributed by atoms with Gasteiger partial charge in [-0.2, -0.15) is 0 Å². The molecule has 4 rings (SSSR count). The second kappa shape index (κ2) is 8.19. The van der Waals surface area contributed by atoms with E-state index in [4.69, 9.17) is 9.15 Å². The van der Waals surface area contributed by atoms with Gasteiger partial charge < -0.3 is 14.5 Å². The van der Waals surface area contributed by atoms with E-state index in [0.717, 1.165) is 47.1 Å². The molecule has 1 amide bonds. The first-order valence-electron chi connectivity index (χ1n) is 10.2. The van der Waals surface area contributed by atoms with Crippen LogP contribution in [0.2, 0.25) is 0 Å². The van der Waals surface area contributed by atoms with Gasteiger partial charge in [-0.15, -0.1) is 0 Å². The normalized spacial score (nSPS) is 13.8. The second-order valence-corrected chi connectivity index (χ2v) is 7.71. The third-order valence-electron chi connectivity index (χ3n) is 5.61. The Balaban J connectivity index is 1.62. The summed E-state index contributed by atoms with van der Waals surface area (Å²) in [5.74, 6) is 1.51. The maximum absolute atomic E-state index is 12.5. The smallest absolute Gasteiger partial charge is 0.248 e. The van der Waals surface area contributed by atoms with Crippen molar-refractivity contribution in [3.05, 3.63) is 64.9 Å². The summed E-state index contributed by atoms with van der Waals surface area (Å²) in [6.07, 6.45) is 5.88. The summed E-state index contributed by atoms with van der Waals surface area (Å²) in [5, 5.41) is 3.95. The topological polar surface area (TPSA) is 68.5 Å². The van der Waals surface area contributed by atoms with Gasteiger partial charge in [0.05, 0.1) is 7.11 Å². The van der Waals surface area contributed by atoms with Crippen LogP contribution in [0.25, 0.3) is 16.5 Å². The van der Waals surface area contributed by atoms with Crippen molar-refractivity contribution in [2.45, 2.75) is 39.5 Å². The zero-order valence-corrected chi connectivity index (χ0v) is 17.5. The highest BCUT2D eigenvalue weighted by Gasteiger charge is 2.20. The molecule has 0 unspecified atom stereocenters. The monoisotopic (exact) mass is 403 g/mol. The number of rotatable bonds is 5. The minimum atomic E-state index is -0.237. The SMILES string of the molecule is COc1cc2oc3c(c2cc1/C(C)=C/C(=O)Nc1ccc(C(C)=O)cc1)CCCC3. The number of aryl methyl sites for hydroxylation is 2. The van der Waals surface area contributed by atoms with E-state index in [0.29, 0.717) is 17.0 Å². The molecule has 3 aromatic rings. The number of allylic oxidation sites excluding steroid dienone is 1. The summed E-state index contributed by atoms with van der Waals surface area (Å²) in [4.78, 5) is 23.9. The Bertz CT molecular complexity index is 1150. The number of carbonyl (C=O) groups excluding carboxylic acids is 2. The van der Waals surface area contributed by atoms with Gasteiger partial charge in [-0.05, 0) is 69.0 Å². The van der Waals surface area contributed by atoms with Gasteiger partial charge in [0.15, 0.2) is 5.78 Å². The third-order valence-corrected chi connectivity index (χ3v) is 5.61. The lowest BCUT2D eigenvalue weighted by Crippen LogP contribution is -2.09. The van der Waals surface area contributed by atoms with Gasteiger partial charge in [0.1, 0.15) is 17.1 Å². The van der Waals surface area contributed by atoms with Crippen molar-refractivity contribution in [1.82, 2.24) is 0 Å². The predicted molar refractivity (Wildman–Crippen MR) is 118 cm³/mol. The molecule has 30 heavy (non-hydrogen) atoms. The number of Topliss-reactive ketones (excluding diaryl/α,β-unsaturated/α-hetero) is 1. The third kappa shape index (κ3) is 3.88. The zero-order valence-electron chi connectivity index (χ0n) is 17.5. The number of hydrogen-bond donors (Lipinski definition) is 1. The highest BCUT2D eigenvalue weighted by molar-refractivity contribution is 6.05. The highest BCUT2D eigenvalue weighted by Crippen LogP contribution is 2.37. The summed E-state index contributed by atoms with van der Waals surface area (Å²) in [6.45, 7) is 3.41. The van der Waals surface area contributed by atoms with E-state index in [2.05, 4.69) is 11.4 Å². The molecule has 154 valence electrons. The van der Waals surface area contributed by atoms with Crippen molar-refractivity contribution in [3.63, 3.8) is 0 Å². The minimum absolute atomic E-state index is 0.00691. The van der Waals surface area contributed by atoms with Crippen LogP contribution in [0, 0.1) is 0 Å². The first-order valence-corrected chi connectivity index (χ1v) is 10.2. The number of ether oxygens (including phenoxy) is 1. The van der Waals surface area contributed by atoms with Gasteiger partial charge in [0, 0.05) is 46.3 Å². The van der Waals surface area contributed by atoms with Crippen molar-refractivity contribution in [2.75, 3.05) is 12.4 Å². The van der Waals surface area contributed by atoms with Crippen molar-refractivity contribution < 1.29 is 18.7 Å². The first kappa shape index (κ1) is 20.0. The Morgan fingerprint density at radius 2 is 1.80 bits per heavy atom. The highest BCUT2D eigenvalue weighted by atomic mass is 16.5. The molecule has 0 saturated heterocycles. The number of anilines is 1. The van der Waals surface area contributed by atoms with Crippen LogP contribution >= 0.6 is 0 Å². The Labute approximate surface area is 175 Å². The molecule has 5 nitrogen and oxygen atoms in total. The number of benzene rings is 2. The van der Waals surface area contributed by atoms with Crippen molar-refractivity contribution in [3.8, 4) is 5.75 Å². The van der Waals surface area contributed by atoms with E-state index in [1.807, 2.05) is 13.0 Å². The van der Waals surface area contributed by atoms with Crippen molar-refractivity contribution in [1.29, 1.82) is 0 Å². The predicted octanol–water partition coefficient (Wildman–Crippen LogP) is 5.56. The zero-order chi connectivity index (χ0) is 21.3. The summed E-state index contributed by atoms with van der Waals surface area (Å²) < 4.78 is 11.6. The second-order valence-electron chi connectivity index (χ2n) is 7.71. The largest absolute Gasteiger partial charge is 0.496 e. The van der Waals surface area contributed by atoms with Crippen LogP contribution in [0.15, 0.2) is 46.9 Å². The minimum Gasteiger partial charge on any atom is -0.496 e. The fraction of sp³-hybridized carbons (Fsp3) is 0.280. The molecule has 0 fully saturated rings. The number of methoxy groups -OCH3 is 1. The molecule has 1 heterocycles. The fourth-order valence-electron chi connectivity index (χ4n) is 4.01. The average molecular weight is 403 g/mol. The number of furan rings is 1. The number of carbonyl (C=O) groups is 2. The van der Waals surface area contributed by atoms with Gasteiger partial charge in [-0.25, -0.2) is 0 Å². The molecule has 5 heteroatoms. The molecule has 0 saturated carbocycles. The van der Waals surface area contributed by atoms with E-state index in [9.17, 15) is 9.59 Å². The molecular weight excluding hydrogens is 378 g/mol. The van der Waals surface area contributed by atoms with E-state index in [-0.39, 0.29) is 11.7 Å². The summed E-state index contributed by atoms with van der Waals surface area (Å²) >= 11 is 0. The van der Waals surface area contributed by atoms with Gasteiger partial charge in [-0.3, -0.25) is 9.59 Å². The Morgan fingerprint density at radius 3 is 2.50 bits per heavy atom. The van der Waals surface area contributed by atoms with E-state index < -0.39 is 0 Å². The van der Waals surface area contributed by atoms with Crippen LogP contribution < -0.4 is 10.1 Å². The molecule has 1 aromatic heterocycles. The summed E-state index contributed by atoms with van der Waals surface area (Å²) in [7, 11) is 1.62. The molecule has 1 aliphatic carbocycles. The molecule has 0 aliphatic heterocycles. The van der Waals surface area contributed by atoms with Crippen LogP contribution in [-0.2, 0) is 17.6 Å². The molecule has 2 aromatic carbocycles. The maximum atomic E-state index is 12.5. The van der Waals surface area contributed by atoms with Crippen LogP contribution in [0.1, 0.15) is 53.9 Å². The Hall–Kier alpha value is -3.34. The lowest BCUT2D eigenvalue weighted by Gasteiger charge is -2.11. The number of fused-ring (bicyclic) bond motifs is 3. The molecule has 0 atom stereocenters.